The predicted octanol–water partition coefficient (Wildman–Crippen LogP) is 7.06. The van der Waals surface area contributed by atoms with Gasteiger partial charge in [0.05, 0.1) is 6.61 Å². The van der Waals surface area contributed by atoms with Gasteiger partial charge in [-0.3, -0.25) is 4.79 Å². The molecule has 0 amide bonds. The van der Waals surface area contributed by atoms with Crippen LogP contribution in [-0.2, 0) is 19.1 Å². The lowest BCUT2D eigenvalue weighted by molar-refractivity contribution is -0.395. The monoisotopic (exact) mass is 568 g/mol. The van der Waals surface area contributed by atoms with Crippen LogP contribution in [0.2, 0.25) is 0 Å². The van der Waals surface area contributed by atoms with E-state index >= 15 is 0 Å². The highest BCUT2D eigenvalue weighted by atomic mass is 16.6. The first-order valence-electron chi connectivity index (χ1n) is 16.1. The third kappa shape index (κ3) is 3.50. The Labute approximate surface area is 246 Å². The third-order valence-electron chi connectivity index (χ3n) is 14.5. The first-order chi connectivity index (χ1) is 18.9. The van der Waals surface area contributed by atoms with E-state index in [1.807, 2.05) is 6.92 Å². The van der Waals surface area contributed by atoms with Gasteiger partial charge in [-0.25, -0.2) is 4.79 Å². The lowest BCUT2D eigenvalue weighted by Gasteiger charge is -2.74. The minimum absolute atomic E-state index is 0.000216. The number of allylic oxidation sites excluding steroid dienone is 3. The van der Waals surface area contributed by atoms with Crippen molar-refractivity contribution in [2.24, 2.45) is 50.2 Å². The van der Waals surface area contributed by atoms with Crippen molar-refractivity contribution in [1.82, 2.24) is 0 Å². The number of carbonyl (C=O) groups is 2. The van der Waals surface area contributed by atoms with Gasteiger partial charge in [0, 0.05) is 28.7 Å². The Hall–Kier alpha value is -1.66. The summed E-state index contributed by atoms with van der Waals surface area (Å²) in [6.45, 7) is 17.9. The summed E-state index contributed by atoms with van der Waals surface area (Å²) in [5, 5.41) is 22.4. The maximum Gasteiger partial charge on any atom is 0.333 e. The minimum Gasteiger partial charge on any atom is -0.481 e. The largest absolute Gasteiger partial charge is 0.481 e. The van der Waals surface area contributed by atoms with E-state index in [4.69, 9.17) is 9.47 Å². The number of aliphatic hydroxyl groups is 1. The summed E-state index contributed by atoms with van der Waals surface area (Å²) in [5.41, 5.74) is 0.153. The van der Waals surface area contributed by atoms with Crippen LogP contribution in [0, 0.1) is 50.2 Å². The van der Waals surface area contributed by atoms with Crippen molar-refractivity contribution in [2.45, 2.75) is 125 Å². The van der Waals surface area contributed by atoms with E-state index in [0.29, 0.717) is 43.3 Å². The summed E-state index contributed by atoms with van der Waals surface area (Å²) in [5.74, 6) is -1.60. The van der Waals surface area contributed by atoms with Gasteiger partial charge in [-0.1, -0.05) is 59.3 Å². The molecule has 9 atom stereocenters. The van der Waals surface area contributed by atoms with Crippen LogP contribution in [0.1, 0.15) is 113 Å². The fourth-order valence-corrected chi connectivity index (χ4v) is 11.7. The van der Waals surface area contributed by atoms with Gasteiger partial charge < -0.3 is 19.7 Å². The van der Waals surface area contributed by atoms with Crippen LogP contribution in [-0.4, -0.2) is 40.6 Å². The van der Waals surface area contributed by atoms with Gasteiger partial charge in [0.1, 0.15) is 11.5 Å². The molecule has 2 aliphatic heterocycles. The van der Waals surface area contributed by atoms with Crippen molar-refractivity contribution >= 4 is 11.9 Å². The zero-order valence-corrected chi connectivity index (χ0v) is 26.6. The Morgan fingerprint density at radius 3 is 2.32 bits per heavy atom. The summed E-state index contributed by atoms with van der Waals surface area (Å²) in [6.07, 6.45) is 10.9. The van der Waals surface area contributed by atoms with Gasteiger partial charge in [-0.05, 0) is 93.3 Å². The van der Waals surface area contributed by atoms with E-state index in [1.165, 1.54) is 5.57 Å². The summed E-state index contributed by atoms with van der Waals surface area (Å²) in [6, 6.07) is 0. The summed E-state index contributed by atoms with van der Waals surface area (Å²) in [7, 11) is 0. The topological polar surface area (TPSA) is 93.1 Å². The fourth-order valence-electron chi connectivity index (χ4n) is 11.7. The summed E-state index contributed by atoms with van der Waals surface area (Å²) < 4.78 is 12.5. The predicted molar refractivity (Wildman–Crippen MR) is 157 cm³/mol. The Bertz CT molecular complexity index is 1220. The van der Waals surface area contributed by atoms with Crippen LogP contribution in [0.3, 0.4) is 0 Å². The molecular formula is C35H52O6. The Morgan fingerprint density at radius 2 is 1.71 bits per heavy atom. The lowest BCUT2D eigenvalue weighted by atomic mass is 9.32. The molecule has 1 unspecified atom stereocenters. The molecule has 6 heteroatoms. The molecule has 4 saturated carbocycles. The lowest BCUT2D eigenvalue weighted by Crippen LogP contribution is -2.73. The molecule has 0 aromatic rings. The molecule has 6 fully saturated rings. The van der Waals surface area contributed by atoms with E-state index in [-0.39, 0.29) is 33.0 Å². The van der Waals surface area contributed by atoms with Crippen LogP contribution in [0.25, 0.3) is 0 Å². The molecule has 2 bridgehead atoms. The first-order valence-corrected chi connectivity index (χ1v) is 16.1. The molecule has 2 heterocycles. The molecular weight excluding hydrogens is 516 g/mol. The standard InChI is InChI=1S/C35H52O6/c1-9-21(2)27(36)41-26-19-29(3,4)18-23-22-10-11-25-32(8,31(22,7)14-16-34(23,26)28(37)38)13-12-24-30(5,6)35(39)17-15-33(24,25)20-40-35/h9-10,23-26,39H,11-20H2,1-8H3,(H,37,38)/b21-9-/t23-,24?,25+,26-,31-,32-,33-,34+,35-/m1/s1. The molecule has 2 N–H and O–H groups in total. The van der Waals surface area contributed by atoms with Gasteiger partial charge in [-0.2, -0.15) is 0 Å². The second-order valence-electron chi connectivity index (χ2n) is 16.7. The number of carboxylic acid groups (broad SMARTS) is 1. The number of esters is 1. The molecule has 7 rings (SSSR count). The molecule has 6 nitrogen and oxygen atoms in total. The maximum absolute atomic E-state index is 13.4. The Kier molecular flexibility index (Phi) is 6.25. The molecule has 7 aliphatic rings. The number of carboxylic acids is 1. The number of fused-ring (bicyclic) bond motifs is 7. The highest BCUT2D eigenvalue weighted by molar-refractivity contribution is 5.88. The van der Waals surface area contributed by atoms with Crippen LogP contribution in [0.5, 0.6) is 0 Å². The maximum atomic E-state index is 13.4. The van der Waals surface area contributed by atoms with Crippen molar-refractivity contribution in [1.29, 1.82) is 0 Å². The van der Waals surface area contributed by atoms with Crippen LogP contribution in [0.4, 0.5) is 0 Å². The van der Waals surface area contributed by atoms with Crippen molar-refractivity contribution in [3.8, 4) is 0 Å². The SMILES string of the molecule is C/C=C(/C)C(=O)O[C@@H]1CC(C)(C)C[C@@H]2C3=CC[C@@H]4[C@]56CC[C@@](O)(OC5)C(C)(C)C6CC[C@@]4(C)[C@]3(C)CC[C@]21C(=O)O. The van der Waals surface area contributed by atoms with Crippen LogP contribution in [0.15, 0.2) is 23.3 Å². The quantitative estimate of drug-likeness (QED) is 0.215. The average Bonchev–Trinajstić information content (AvgIpc) is 2.88. The fraction of sp³-hybridized carbons (Fsp3) is 0.829. The number of carbonyl (C=O) groups excluding carboxylic acids is 1. The molecule has 0 radical (unpaired) electrons. The van der Waals surface area contributed by atoms with Crippen molar-refractivity contribution < 1.29 is 29.3 Å². The average molecular weight is 569 g/mol. The second-order valence-corrected chi connectivity index (χ2v) is 16.7. The summed E-state index contributed by atoms with van der Waals surface area (Å²) >= 11 is 0. The van der Waals surface area contributed by atoms with E-state index in [0.717, 1.165) is 38.5 Å². The van der Waals surface area contributed by atoms with Crippen molar-refractivity contribution in [2.75, 3.05) is 6.61 Å². The molecule has 41 heavy (non-hydrogen) atoms. The van der Waals surface area contributed by atoms with E-state index in [2.05, 4.69) is 47.6 Å². The number of aliphatic carboxylic acids is 1. The minimum atomic E-state index is -1.11. The number of ether oxygens (including phenoxy) is 2. The molecule has 0 aromatic heterocycles. The Morgan fingerprint density at radius 1 is 1.00 bits per heavy atom. The van der Waals surface area contributed by atoms with Crippen LogP contribution < -0.4 is 0 Å². The zero-order chi connectivity index (χ0) is 30.0. The van der Waals surface area contributed by atoms with Gasteiger partial charge in [0.15, 0.2) is 5.79 Å². The second kappa shape index (κ2) is 8.71. The highest BCUT2D eigenvalue weighted by Gasteiger charge is 2.75. The van der Waals surface area contributed by atoms with Crippen LogP contribution >= 0.6 is 0 Å². The first kappa shape index (κ1) is 29.4. The smallest absolute Gasteiger partial charge is 0.333 e. The van der Waals surface area contributed by atoms with E-state index in [9.17, 15) is 19.8 Å². The van der Waals surface area contributed by atoms with Crippen molar-refractivity contribution in [3.63, 3.8) is 0 Å². The number of rotatable bonds is 3. The molecule has 0 aromatic carbocycles. The summed E-state index contributed by atoms with van der Waals surface area (Å²) in [4.78, 5) is 26.4. The van der Waals surface area contributed by atoms with Gasteiger partial charge in [0.25, 0.3) is 0 Å². The molecule has 2 saturated heterocycles. The molecule has 1 spiro atoms. The number of hydrogen-bond donors (Lipinski definition) is 2. The normalized spacial score (nSPS) is 49.5. The van der Waals surface area contributed by atoms with E-state index in [1.54, 1.807) is 13.0 Å². The number of hydrogen-bond acceptors (Lipinski definition) is 5. The molecule has 228 valence electrons. The zero-order valence-electron chi connectivity index (χ0n) is 26.6. The van der Waals surface area contributed by atoms with Crippen molar-refractivity contribution in [3.05, 3.63) is 23.3 Å². The van der Waals surface area contributed by atoms with Gasteiger partial charge >= 0.3 is 11.9 Å². The van der Waals surface area contributed by atoms with Gasteiger partial charge in [0.2, 0.25) is 0 Å². The van der Waals surface area contributed by atoms with Gasteiger partial charge in [-0.15, -0.1) is 0 Å². The van der Waals surface area contributed by atoms with E-state index < -0.39 is 29.2 Å². The third-order valence-corrected chi connectivity index (χ3v) is 14.5. The highest BCUT2D eigenvalue weighted by Crippen LogP contribution is 2.78. The molecule has 5 aliphatic carbocycles. The Balaban J connectivity index is 1.44.